The molecule has 0 spiro atoms. The number of ketones is 1. The fourth-order valence-electron chi connectivity index (χ4n) is 1.50. The summed E-state index contributed by atoms with van der Waals surface area (Å²) in [6.45, 7) is 1.77. The van der Waals surface area contributed by atoms with Crippen molar-refractivity contribution in [2.24, 2.45) is 0 Å². The van der Waals surface area contributed by atoms with Crippen LogP contribution in [0.1, 0.15) is 39.6 Å². The van der Waals surface area contributed by atoms with Crippen molar-refractivity contribution in [3.8, 4) is 0 Å². The van der Waals surface area contributed by atoms with E-state index < -0.39 is 5.97 Å². The molecule has 1 aromatic rings. The van der Waals surface area contributed by atoms with Crippen LogP contribution in [-0.4, -0.2) is 18.9 Å². The molecule has 0 unspecified atom stereocenters. The first-order valence-electron chi connectivity index (χ1n) is 4.95. The molecule has 0 atom stereocenters. The highest BCUT2D eigenvalue weighted by atomic mass is 79.9. The lowest BCUT2D eigenvalue weighted by Gasteiger charge is -2.10. The number of Topliss-reactive ketones (excluding diaryl/α,β-unsaturated/α-hetero) is 1. The second-order valence-electron chi connectivity index (χ2n) is 3.24. The van der Waals surface area contributed by atoms with E-state index in [9.17, 15) is 9.59 Å². The number of rotatable bonds is 4. The number of esters is 1. The van der Waals surface area contributed by atoms with Gasteiger partial charge in [0.25, 0.3) is 0 Å². The Labute approximate surface area is 103 Å². The Bertz CT molecular complexity index is 413. The van der Waals surface area contributed by atoms with E-state index in [-0.39, 0.29) is 5.78 Å². The molecule has 0 amide bonds. The summed E-state index contributed by atoms with van der Waals surface area (Å²) in [6.07, 6.45) is 0.369. The van der Waals surface area contributed by atoms with Gasteiger partial charge in [0.05, 0.1) is 12.7 Å². The highest BCUT2D eigenvalue weighted by Crippen LogP contribution is 2.20. The normalized spacial score (nSPS) is 9.94. The van der Waals surface area contributed by atoms with Crippen molar-refractivity contribution in [3.63, 3.8) is 0 Å². The van der Waals surface area contributed by atoms with Crippen molar-refractivity contribution >= 4 is 27.7 Å². The van der Waals surface area contributed by atoms with Crippen LogP contribution in [0.5, 0.6) is 0 Å². The second-order valence-corrected chi connectivity index (χ2v) is 3.80. The summed E-state index contributed by atoms with van der Waals surface area (Å²) in [6, 6.07) is 5.18. The average molecular weight is 285 g/mol. The van der Waals surface area contributed by atoms with Gasteiger partial charge in [0.15, 0.2) is 5.78 Å². The smallest absolute Gasteiger partial charge is 0.338 e. The molecule has 1 rings (SSSR count). The first-order valence-corrected chi connectivity index (χ1v) is 6.07. The first-order chi connectivity index (χ1) is 7.65. The zero-order valence-electron chi connectivity index (χ0n) is 9.25. The molecule has 3 nitrogen and oxygen atoms in total. The molecule has 0 aliphatic heterocycles. The third-order valence-corrected chi connectivity index (χ3v) is 2.90. The molecule has 86 valence electrons. The van der Waals surface area contributed by atoms with Crippen LogP contribution in [0.25, 0.3) is 0 Å². The highest BCUT2D eigenvalue weighted by Gasteiger charge is 2.19. The van der Waals surface area contributed by atoms with E-state index in [4.69, 9.17) is 0 Å². The molecule has 0 fully saturated rings. The minimum Gasteiger partial charge on any atom is -0.465 e. The SMILES string of the molecule is CCC(=O)c1c(CBr)cccc1C(=O)OC. The summed E-state index contributed by atoms with van der Waals surface area (Å²) in [4.78, 5) is 23.3. The number of methoxy groups -OCH3 is 1. The lowest BCUT2D eigenvalue weighted by molar-refractivity contribution is 0.0597. The Balaban J connectivity index is 3.37. The van der Waals surface area contributed by atoms with Gasteiger partial charge < -0.3 is 4.74 Å². The van der Waals surface area contributed by atoms with Crippen LogP contribution >= 0.6 is 15.9 Å². The largest absolute Gasteiger partial charge is 0.465 e. The molecule has 0 heterocycles. The molecule has 0 saturated carbocycles. The Morgan fingerprint density at radius 3 is 2.56 bits per heavy atom. The number of hydrogen-bond acceptors (Lipinski definition) is 3. The molecule has 1 aromatic carbocycles. The van der Waals surface area contributed by atoms with Crippen LogP contribution in [0.3, 0.4) is 0 Å². The number of halogens is 1. The summed E-state index contributed by atoms with van der Waals surface area (Å²) in [5.74, 6) is -0.518. The van der Waals surface area contributed by atoms with Crippen molar-refractivity contribution in [3.05, 3.63) is 34.9 Å². The van der Waals surface area contributed by atoms with Crippen molar-refractivity contribution in [1.29, 1.82) is 0 Å². The quantitative estimate of drug-likeness (QED) is 0.485. The Kier molecular flexibility index (Phi) is 4.68. The molecule has 0 aliphatic rings. The first kappa shape index (κ1) is 12.9. The molecular formula is C12H13BrO3. The van der Waals surface area contributed by atoms with E-state index in [2.05, 4.69) is 20.7 Å². The highest BCUT2D eigenvalue weighted by molar-refractivity contribution is 9.08. The minimum atomic E-state index is -0.473. The maximum absolute atomic E-state index is 11.8. The van der Waals surface area contributed by atoms with Gasteiger partial charge >= 0.3 is 5.97 Å². The number of alkyl halides is 1. The third kappa shape index (κ3) is 2.50. The van der Waals surface area contributed by atoms with Crippen LogP contribution < -0.4 is 0 Å². The summed E-state index contributed by atoms with van der Waals surface area (Å²) in [5.41, 5.74) is 1.62. The molecule has 4 heteroatoms. The van der Waals surface area contributed by atoms with Crippen LogP contribution in [0.15, 0.2) is 18.2 Å². The van der Waals surface area contributed by atoms with E-state index in [0.717, 1.165) is 5.56 Å². The van der Waals surface area contributed by atoms with Gasteiger partial charge in [-0.1, -0.05) is 35.0 Å². The van der Waals surface area contributed by atoms with Gasteiger partial charge in [-0.15, -0.1) is 0 Å². The van der Waals surface area contributed by atoms with Crippen molar-refractivity contribution in [1.82, 2.24) is 0 Å². The van der Waals surface area contributed by atoms with Crippen LogP contribution in [0, 0.1) is 0 Å². The van der Waals surface area contributed by atoms with Gasteiger partial charge in [0, 0.05) is 17.3 Å². The van der Waals surface area contributed by atoms with Crippen molar-refractivity contribution < 1.29 is 14.3 Å². The molecular weight excluding hydrogens is 272 g/mol. The standard InChI is InChI=1S/C12H13BrO3/c1-3-10(14)11-8(7-13)5-4-6-9(11)12(15)16-2/h4-6H,3,7H2,1-2H3. The van der Waals surface area contributed by atoms with E-state index in [1.165, 1.54) is 7.11 Å². The molecule has 0 N–H and O–H groups in total. The fraction of sp³-hybridized carbons (Fsp3) is 0.333. The van der Waals surface area contributed by atoms with Gasteiger partial charge in [0.2, 0.25) is 0 Å². The van der Waals surface area contributed by atoms with Gasteiger partial charge in [-0.25, -0.2) is 4.79 Å². The van der Waals surface area contributed by atoms with Crippen molar-refractivity contribution in [2.75, 3.05) is 7.11 Å². The number of carbonyl (C=O) groups is 2. The van der Waals surface area contributed by atoms with E-state index in [1.807, 2.05) is 6.07 Å². The fourth-order valence-corrected chi connectivity index (χ4v) is 1.96. The van der Waals surface area contributed by atoms with Crippen LogP contribution in [0.4, 0.5) is 0 Å². The lowest BCUT2D eigenvalue weighted by Crippen LogP contribution is -2.12. The van der Waals surface area contributed by atoms with Gasteiger partial charge in [-0.2, -0.15) is 0 Å². The summed E-state index contributed by atoms with van der Waals surface area (Å²) < 4.78 is 4.66. The zero-order valence-corrected chi connectivity index (χ0v) is 10.8. The van der Waals surface area contributed by atoms with Gasteiger partial charge in [0.1, 0.15) is 0 Å². The van der Waals surface area contributed by atoms with Gasteiger partial charge in [-0.3, -0.25) is 4.79 Å². The summed E-state index contributed by atoms with van der Waals surface area (Å²) in [5, 5.41) is 0.541. The predicted octanol–water partition coefficient (Wildman–Crippen LogP) is 2.96. The third-order valence-electron chi connectivity index (χ3n) is 2.30. The molecule has 0 bridgehead atoms. The number of carbonyl (C=O) groups excluding carboxylic acids is 2. The lowest BCUT2D eigenvalue weighted by atomic mass is 9.97. The Hall–Kier alpha value is -1.16. The molecule has 16 heavy (non-hydrogen) atoms. The second kappa shape index (κ2) is 5.80. The summed E-state index contributed by atoms with van der Waals surface area (Å²) in [7, 11) is 1.31. The molecule has 0 aromatic heterocycles. The molecule has 0 saturated heterocycles. The van der Waals surface area contributed by atoms with E-state index >= 15 is 0 Å². The zero-order chi connectivity index (χ0) is 12.1. The van der Waals surface area contributed by atoms with E-state index in [1.54, 1.807) is 19.1 Å². The number of ether oxygens (including phenoxy) is 1. The molecule has 0 aliphatic carbocycles. The Morgan fingerprint density at radius 1 is 1.38 bits per heavy atom. The van der Waals surface area contributed by atoms with E-state index in [0.29, 0.717) is 22.9 Å². The number of benzene rings is 1. The topological polar surface area (TPSA) is 43.4 Å². The maximum atomic E-state index is 11.8. The molecule has 0 radical (unpaired) electrons. The van der Waals surface area contributed by atoms with Crippen LogP contribution in [0.2, 0.25) is 0 Å². The van der Waals surface area contributed by atoms with Gasteiger partial charge in [-0.05, 0) is 11.6 Å². The van der Waals surface area contributed by atoms with Crippen molar-refractivity contribution in [2.45, 2.75) is 18.7 Å². The minimum absolute atomic E-state index is 0.0459. The summed E-state index contributed by atoms with van der Waals surface area (Å²) >= 11 is 3.31. The maximum Gasteiger partial charge on any atom is 0.338 e. The monoisotopic (exact) mass is 284 g/mol. The van der Waals surface area contributed by atoms with Crippen LogP contribution in [-0.2, 0) is 10.1 Å². The predicted molar refractivity (Wildman–Crippen MR) is 65.0 cm³/mol. The Morgan fingerprint density at radius 2 is 2.06 bits per heavy atom. The average Bonchev–Trinajstić information content (AvgIpc) is 2.35. The number of hydrogen-bond donors (Lipinski definition) is 0.